The minimum Gasteiger partial charge on any atom is -0.508 e. The first kappa shape index (κ1) is 13.8. The van der Waals surface area contributed by atoms with Crippen LogP contribution in [0.1, 0.15) is 25.8 Å². The van der Waals surface area contributed by atoms with Crippen molar-refractivity contribution in [3.8, 4) is 11.5 Å². The molecule has 0 aliphatic heterocycles. The van der Waals surface area contributed by atoms with Crippen LogP contribution in [0, 0.1) is 5.92 Å². The maximum Gasteiger partial charge on any atom is 0.120 e. The van der Waals surface area contributed by atoms with Crippen LogP contribution in [0.4, 0.5) is 0 Å². The fraction of sp³-hybridized carbons (Fsp3) is 0.571. The van der Waals surface area contributed by atoms with E-state index in [0.717, 1.165) is 24.4 Å². The van der Waals surface area contributed by atoms with Gasteiger partial charge in [0.2, 0.25) is 0 Å². The second kappa shape index (κ2) is 6.50. The van der Waals surface area contributed by atoms with Gasteiger partial charge in [0.25, 0.3) is 0 Å². The topological polar surface area (TPSA) is 32.7 Å². The molecular weight excluding hydrogens is 214 g/mol. The third kappa shape index (κ3) is 4.65. The number of benzene rings is 1. The van der Waals surface area contributed by atoms with E-state index >= 15 is 0 Å². The van der Waals surface area contributed by atoms with E-state index in [4.69, 9.17) is 4.74 Å². The molecule has 0 saturated carbocycles. The highest BCUT2D eigenvalue weighted by atomic mass is 16.5. The smallest absolute Gasteiger partial charge is 0.120 e. The molecule has 0 fully saturated rings. The summed E-state index contributed by atoms with van der Waals surface area (Å²) in [5.41, 5.74) is 0.913. The average molecular weight is 237 g/mol. The minimum absolute atomic E-state index is 0.335. The Morgan fingerprint density at radius 2 is 2.06 bits per heavy atom. The van der Waals surface area contributed by atoms with Crippen LogP contribution in [0.3, 0.4) is 0 Å². The molecule has 17 heavy (non-hydrogen) atoms. The van der Waals surface area contributed by atoms with Crippen LogP contribution in [-0.2, 0) is 6.54 Å². The van der Waals surface area contributed by atoms with Gasteiger partial charge in [0.15, 0.2) is 0 Å². The third-order valence-corrected chi connectivity index (χ3v) is 2.82. The van der Waals surface area contributed by atoms with Gasteiger partial charge in [-0.25, -0.2) is 0 Å². The summed E-state index contributed by atoms with van der Waals surface area (Å²) in [6.07, 6.45) is 1.17. The molecule has 3 nitrogen and oxygen atoms in total. The first-order chi connectivity index (χ1) is 8.02. The number of nitrogens with zero attached hydrogens (tertiary/aromatic N) is 1. The number of phenolic OH excluding ortho intramolecular Hbond substituents is 1. The van der Waals surface area contributed by atoms with Crippen LogP contribution in [-0.4, -0.2) is 30.7 Å². The Kier molecular flexibility index (Phi) is 5.29. The number of hydrogen-bond donors (Lipinski definition) is 1. The van der Waals surface area contributed by atoms with Crippen LogP contribution in [0.2, 0.25) is 0 Å². The zero-order chi connectivity index (χ0) is 12.8. The van der Waals surface area contributed by atoms with Crippen molar-refractivity contribution in [1.82, 2.24) is 4.90 Å². The molecule has 0 aliphatic rings. The number of hydrogen-bond acceptors (Lipinski definition) is 3. The van der Waals surface area contributed by atoms with Crippen LogP contribution in [0.15, 0.2) is 18.2 Å². The minimum atomic E-state index is 0.335. The summed E-state index contributed by atoms with van der Waals surface area (Å²) in [5, 5.41) is 9.77. The predicted octanol–water partition coefficient (Wildman–Crippen LogP) is 2.88. The molecule has 0 unspecified atom stereocenters. The summed E-state index contributed by atoms with van der Waals surface area (Å²) in [6, 6.07) is 5.35. The standard InChI is InChI=1S/C14H23NO2/c1-11(2)7-8-15(3)10-12-9-13(17-4)5-6-14(12)16/h5-6,9,11,16H,7-8,10H2,1-4H3. The van der Waals surface area contributed by atoms with E-state index in [1.165, 1.54) is 6.42 Å². The van der Waals surface area contributed by atoms with Crippen molar-refractivity contribution in [2.45, 2.75) is 26.8 Å². The average Bonchev–Trinajstić information content (AvgIpc) is 2.29. The van der Waals surface area contributed by atoms with Crippen molar-refractivity contribution >= 4 is 0 Å². The van der Waals surface area contributed by atoms with E-state index in [2.05, 4.69) is 25.8 Å². The highest BCUT2D eigenvalue weighted by Gasteiger charge is 2.07. The lowest BCUT2D eigenvalue weighted by Gasteiger charge is -2.18. The van der Waals surface area contributed by atoms with Gasteiger partial charge in [0.05, 0.1) is 7.11 Å². The zero-order valence-corrected chi connectivity index (χ0v) is 11.2. The second-order valence-corrected chi connectivity index (χ2v) is 4.91. The summed E-state index contributed by atoms with van der Waals surface area (Å²) in [5.74, 6) is 1.83. The van der Waals surface area contributed by atoms with E-state index in [-0.39, 0.29) is 0 Å². The highest BCUT2D eigenvalue weighted by molar-refractivity contribution is 5.39. The lowest BCUT2D eigenvalue weighted by atomic mass is 10.1. The molecule has 0 heterocycles. The van der Waals surface area contributed by atoms with Gasteiger partial charge in [-0.15, -0.1) is 0 Å². The summed E-state index contributed by atoms with van der Waals surface area (Å²) < 4.78 is 5.16. The molecule has 0 aromatic heterocycles. The molecule has 0 saturated heterocycles. The Balaban J connectivity index is 2.60. The summed E-state index contributed by atoms with van der Waals surface area (Å²) in [6.45, 7) is 6.22. The maximum absolute atomic E-state index is 9.77. The van der Waals surface area contributed by atoms with Gasteiger partial charge < -0.3 is 14.7 Å². The maximum atomic E-state index is 9.77. The van der Waals surface area contributed by atoms with Crippen molar-refractivity contribution < 1.29 is 9.84 Å². The van der Waals surface area contributed by atoms with Gasteiger partial charge in [-0.05, 0) is 44.1 Å². The number of rotatable bonds is 6. The molecule has 0 bridgehead atoms. The molecule has 1 N–H and O–H groups in total. The quantitative estimate of drug-likeness (QED) is 0.825. The lowest BCUT2D eigenvalue weighted by Crippen LogP contribution is -2.20. The SMILES string of the molecule is COc1ccc(O)c(CN(C)CCC(C)C)c1. The van der Waals surface area contributed by atoms with Crippen molar-refractivity contribution in [1.29, 1.82) is 0 Å². The van der Waals surface area contributed by atoms with E-state index in [9.17, 15) is 5.11 Å². The van der Waals surface area contributed by atoms with Crippen LogP contribution in [0.5, 0.6) is 11.5 Å². The summed E-state index contributed by atoms with van der Waals surface area (Å²) in [4.78, 5) is 2.22. The Morgan fingerprint density at radius 3 is 2.65 bits per heavy atom. The molecule has 0 amide bonds. The van der Waals surface area contributed by atoms with E-state index in [0.29, 0.717) is 11.7 Å². The third-order valence-electron chi connectivity index (χ3n) is 2.82. The van der Waals surface area contributed by atoms with Gasteiger partial charge >= 0.3 is 0 Å². The van der Waals surface area contributed by atoms with E-state index in [1.54, 1.807) is 19.2 Å². The van der Waals surface area contributed by atoms with Crippen molar-refractivity contribution in [3.05, 3.63) is 23.8 Å². The molecule has 0 atom stereocenters. The Morgan fingerprint density at radius 1 is 1.35 bits per heavy atom. The van der Waals surface area contributed by atoms with Crippen LogP contribution in [0.25, 0.3) is 0 Å². The van der Waals surface area contributed by atoms with E-state index in [1.807, 2.05) is 6.07 Å². The molecule has 1 aromatic rings. The fourth-order valence-corrected chi connectivity index (χ4v) is 1.66. The Hall–Kier alpha value is -1.22. The number of phenols is 1. The molecule has 1 rings (SSSR count). The van der Waals surface area contributed by atoms with Gasteiger partial charge in [-0.1, -0.05) is 13.8 Å². The molecular formula is C14H23NO2. The van der Waals surface area contributed by atoms with Gasteiger partial charge in [-0.2, -0.15) is 0 Å². The van der Waals surface area contributed by atoms with Crippen LogP contribution >= 0.6 is 0 Å². The molecule has 96 valence electrons. The van der Waals surface area contributed by atoms with Gasteiger partial charge in [-0.3, -0.25) is 0 Å². The highest BCUT2D eigenvalue weighted by Crippen LogP contribution is 2.24. The Bertz CT molecular complexity index is 350. The summed E-state index contributed by atoms with van der Waals surface area (Å²) >= 11 is 0. The number of ether oxygens (including phenoxy) is 1. The van der Waals surface area contributed by atoms with Crippen molar-refractivity contribution in [2.24, 2.45) is 5.92 Å². The van der Waals surface area contributed by atoms with Gasteiger partial charge in [0, 0.05) is 12.1 Å². The molecule has 3 heteroatoms. The summed E-state index contributed by atoms with van der Waals surface area (Å²) in [7, 11) is 3.71. The number of aromatic hydroxyl groups is 1. The van der Waals surface area contributed by atoms with Crippen molar-refractivity contribution in [3.63, 3.8) is 0 Å². The first-order valence-corrected chi connectivity index (χ1v) is 6.07. The largest absolute Gasteiger partial charge is 0.508 e. The Labute approximate surface area is 104 Å². The number of methoxy groups -OCH3 is 1. The second-order valence-electron chi connectivity index (χ2n) is 4.91. The molecule has 0 aliphatic carbocycles. The first-order valence-electron chi connectivity index (χ1n) is 6.07. The monoisotopic (exact) mass is 237 g/mol. The van der Waals surface area contributed by atoms with Crippen molar-refractivity contribution in [2.75, 3.05) is 20.7 Å². The molecule has 0 spiro atoms. The molecule has 1 aromatic carbocycles. The zero-order valence-electron chi connectivity index (χ0n) is 11.2. The van der Waals surface area contributed by atoms with Gasteiger partial charge in [0.1, 0.15) is 11.5 Å². The van der Waals surface area contributed by atoms with Crippen LogP contribution < -0.4 is 4.74 Å². The fourth-order valence-electron chi connectivity index (χ4n) is 1.66. The lowest BCUT2D eigenvalue weighted by molar-refractivity contribution is 0.298. The normalized spacial score (nSPS) is 11.2. The van der Waals surface area contributed by atoms with E-state index < -0.39 is 0 Å². The molecule has 0 radical (unpaired) electrons. The predicted molar refractivity (Wildman–Crippen MR) is 70.4 cm³/mol.